The minimum absolute atomic E-state index is 0.0304. The first-order valence-electron chi connectivity index (χ1n) is 4.82. The van der Waals surface area contributed by atoms with Crippen LogP contribution in [0.1, 0.15) is 12.5 Å². The van der Waals surface area contributed by atoms with Gasteiger partial charge < -0.3 is 10.6 Å². The van der Waals surface area contributed by atoms with Crippen LogP contribution in [0.2, 0.25) is 0 Å². The van der Waals surface area contributed by atoms with Gasteiger partial charge in [0.05, 0.1) is 0 Å². The summed E-state index contributed by atoms with van der Waals surface area (Å²) in [6.45, 7) is 3.85. The second kappa shape index (κ2) is 5.61. The molecule has 15 heavy (non-hydrogen) atoms. The van der Waals surface area contributed by atoms with E-state index in [0.29, 0.717) is 5.88 Å². The van der Waals surface area contributed by atoms with Gasteiger partial charge in [0.2, 0.25) is 0 Å². The quantitative estimate of drug-likeness (QED) is 0.765. The molecule has 0 saturated heterocycles. The van der Waals surface area contributed by atoms with Crippen molar-refractivity contribution in [3.05, 3.63) is 29.8 Å². The van der Waals surface area contributed by atoms with Crippen LogP contribution >= 0.6 is 11.6 Å². The molecule has 0 aliphatic carbocycles. The topological polar surface area (TPSA) is 41.1 Å². The highest BCUT2D eigenvalue weighted by Crippen LogP contribution is 2.08. The monoisotopic (exact) mass is 226 g/mol. The molecule has 0 fully saturated rings. The Morgan fingerprint density at radius 2 is 2.00 bits per heavy atom. The van der Waals surface area contributed by atoms with Gasteiger partial charge in [0, 0.05) is 17.6 Å². The van der Waals surface area contributed by atoms with Crippen molar-refractivity contribution in [2.75, 3.05) is 11.2 Å². The molecule has 0 aliphatic rings. The molecular formula is C11H15ClN2O. The molecule has 0 spiro atoms. The number of halogens is 1. The van der Waals surface area contributed by atoms with Crippen LogP contribution in [-0.2, 0) is 0 Å². The Morgan fingerprint density at radius 3 is 2.53 bits per heavy atom. The number of carbonyl (C=O) groups excluding carboxylic acids is 1. The largest absolute Gasteiger partial charge is 0.334 e. The summed E-state index contributed by atoms with van der Waals surface area (Å²) >= 11 is 5.58. The van der Waals surface area contributed by atoms with E-state index in [1.54, 1.807) is 0 Å². The van der Waals surface area contributed by atoms with E-state index >= 15 is 0 Å². The van der Waals surface area contributed by atoms with Crippen molar-refractivity contribution < 1.29 is 4.79 Å². The number of hydrogen-bond donors (Lipinski definition) is 2. The van der Waals surface area contributed by atoms with E-state index < -0.39 is 0 Å². The molecule has 82 valence electrons. The van der Waals surface area contributed by atoms with Crippen molar-refractivity contribution in [1.82, 2.24) is 5.32 Å². The van der Waals surface area contributed by atoms with Crippen LogP contribution in [0.5, 0.6) is 0 Å². The Kier molecular flexibility index (Phi) is 4.43. The van der Waals surface area contributed by atoms with Gasteiger partial charge in [-0.2, -0.15) is 0 Å². The number of nitrogens with one attached hydrogen (secondary N) is 2. The predicted molar refractivity (Wildman–Crippen MR) is 63.5 cm³/mol. The summed E-state index contributed by atoms with van der Waals surface area (Å²) in [5, 5.41) is 5.44. The fourth-order valence-corrected chi connectivity index (χ4v) is 1.14. The van der Waals surface area contributed by atoms with Gasteiger partial charge >= 0.3 is 6.03 Å². The molecule has 0 unspecified atom stereocenters. The maximum Gasteiger partial charge on any atom is 0.319 e. The molecule has 0 heterocycles. The zero-order chi connectivity index (χ0) is 11.3. The molecule has 0 bridgehead atoms. The number of anilines is 1. The van der Waals surface area contributed by atoms with Crippen LogP contribution in [0.25, 0.3) is 0 Å². The van der Waals surface area contributed by atoms with E-state index in [0.717, 1.165) is 11.3 Å². The van der Waals surface area contributed by atoms with Gasteiger partial charge in [0.1, 0.15) is 0 Å². The first-order valence-corrected chi connectivity index (χ1v) is 5.35. The first-order chi connectivity index (χ1) is 7.11. The Hall–Kier alpha value is -1.22. The van der Waals surface area contributed by atoms with Gasteiger partial charge in [-0.3, -0.25) is 0 Å². The van der Waals surface area contributed by atoms with Crippen molar-refractivity contribution in [2.24, 2.45) is 0 Å². The molecule has 0 radical (unpaired) electrons. The van der Waals surface area contributed by atoms with Crippen LogP contribution < -0.4 is 10.6 Å². The van der Waals surface area contributed by atoms with E-state index in [2.05, 4.69) is 10.6 Å². The molecule has 0 aromatic heterocycles. The lowest BCUT2D eigenvalue weighted by molar-refractivity contribution is 0.250. The number of benzene rings is 1. The van der Waals surface area contributed by atoms with Gasteiger partial charge in [0.25, 0.3) is 0 Å². The Morgan fingerprint density at radius 1 is 1.40 bits per heavy atom. The molecule has 1 rings (SSSR count). The lowest BCUT2D eigenvalue weighted by Crippen LogP contribution is -2.37. The number of hydrogen-bond acceptors (Lipinski definition) is 1. The Bertz CT molecular complexity index is 324. The lowest BCUT2D eigenvalue weighted by atomic mass is 10.2. The molecule has 4 heteroatoms. The average Bonchev–Trinajstić information content (AvgIpc) is 2.21. The molecule has 3 nitrogen and oxygen atoms in total. The lowest BCUT2D eigenvalue weighted by Gasteiger charge is -2.11. The van der Waals surface area contributed by atoms with Crippen molar-refractivity contribution >= 4 is 23.3 Å². The summed E-state index contributed by atoms with van der Waals surface area (Å²) in [5.74, 6) is 0.404. The number of urea groups is 1. The third kappa shape index (κ3) is 4.21. The van der Waals surface area contributed by atoms with Crippen molar-refractivity contribution in [1.29, 1.82) is 0 Å². The van der Waals surface area contributed by atoms with Gasteiger partial charge in [-0.05, 0) is 26.0 Å². The highest BCUT2D eigenvalue weighted by atomic mass is 35.5. The zero-order valence-electron chi connectivity index (χ0n) is 8.88. The summed E-state index contributed by atoms with van der Waals surface area (Å²) in [4.78, 5) is 11.4. The number of amides is 2. The van der Waals surface area contributed by atoms with Crippen LogP contribution in [0, 0.1) is 6.92 Å². The molecular weight excluding hydrogens is 212 g/mol. The van der Waals surface area contributed by atoms with Gasteiger partial charge in [-0.25, -0.2) is 4.79 Å². The summed E-state index contributed by atoms with van der Waals surface area (Å²) in [7, 11) is 0. The predicted octanol–water partition coefficient (Wildman–Crippen LogP) is 2.74. The summed E-state index contributed by atoms with van der Waals surface area (Å²) < 4.78 is 0. The maximum atomic E-state index is 11.4. The van der Waals surface area contributed by atoms with E-state index in [4.69, 9.17) is 11.6 Å². The number of carbonyl (C=O) groups is 1. The molecule has 1 aromatic rings. The van der Waals surface area contributed by atoms with E-state index in [1.807, 2.05) is 38.1 Å². The fraction of sp³-hybridized carbons (Fsp3) is 0.364. The minimum Gasteiger partial charge on any atom is -0.334 e. The highest BCUT2D eigenvalue weighted by Gasteiger charge is 2.05. The highest BCUT2D eigenvalue weighted by molar-refractivity contribution is 6.18. The van der Waals surface area contributed by atoms with E-state index in [-0.39, 0.29) is 12.1 Å². The third-order valence-corrected chi connectivity index (χ3v) is 2.38. The summed E-state index contributed by atoms with van der Waals surface area (Å²) in [5.41, 5.74) is 1.94. The molecule has 1 atom stereocenters. The molecule has 1 aromatic carbocycles. The number of alkyl halides is 1. The van der Waals surface area contributed by atoms with Crippen LogP contribution in [0.15, 0.2) is 24.3 Å². The van der Waals surface area contributed by atoms with Crippen LogP contribution in [0.3, 0.4) is 0 Å². The smallest absolute Gasteiger partial charge is 0.319 e. The second-order valence-electron chi connectivity index (χ2n) is 3.52. The standard InChI is InChI=1S/C11H15ClN2O/c1-8-3-5-10(6-4-8)14-11(15)13-9(2)7-12/h3-6,9H,7H2,1-2H3,(H2,13,14,15)/t9-/m0/s1. The fourth-order valence-electron chi connectivity index (χ4n) is 1.07. The van der Waals surface area contributed by atoms with Gasteiger partial charge in [-0.15, -0.1) is 11.6 Å². The first kappa shape index (κ1) is 11.9. The Labute approximate surface area is 94.8 Å². The Balaban J connectivity index is 2.48. The van der Waals surface area contributed by atoms with E-state index in [9.17, 15) is 4.79 Å². The molecule has 0 aliphatic heterocycles. The van der Waals surface area contributed by atoms with Crippen molar-refractivity contribution in [3.63, 3.8) is 0 Å². The second-order valence-corrected chi connectivity index (χ2v) is 3.83. The van der Waals surface area contributed by atoms with Gasteiger partial charge in [0.15, 0.2) is 0 Å². The zero-order valence-corrected chi connectivity index (χ0v) is 9.64. The minimum atomic E-state index is -0.230. The molecule has 2 amide bonds. The SMILES string of the molecule is Cc1ccc(NC(=O)N[C@@H](C)CCl)cc1. The van der Waals surface area contributed by atoms with E-state index in [1.165, 1.54) is 0 Å². The average molecular weight is 227 g/mol. The molecule has 2 N–H and O–H groups in total. The summed E-state index contributed by atoms with van der Waals surface area (Å²) in [6, 6.07) is 7.35. The van der Waals surface area contributed by atoms with Crippen molar-refractivity contribution in [3.8, 4) is 0 Å². The van der Waals surface area contributed by atoms with Crippen molar-refractivity contribution in [2.45, 2.75) is 19.9 Å². The number of rotatable bonds is 3. The maximum absolute atomic E-state index is 11.4. The van der Waals surface area contributed by atoms with Gasteiger partial charge in [-0.1, -0.05) is 17.7 Å². The number of aryl methyl sites for hydroxylation is 1. The normalized spacial score (nSPS) is 11.9. The van der Waals surface area contributed by atoms with Crippen LogP contribution in [-0.4, -0.2) is 18.0 Å². The van der Waals surface area contributed by atoms with Crippen LogP contribution in [0.4, 0.5) is 10.5 Å². The molecule has 0 saturated carbocycles. The summed E-state index contributed by atoms with van der Waals surface area (Å²) in [6.07, 6.45) is 0. The third-order valence-electron chi connectivity index (χ3n) is 1.92.